The van der Waals surface area contributed by atoms with Crippen molar-refractivity contribution in [2.45, 2.75) is 12.8 Å². The third-order valence-corrected chi connectivity index (χ3v) is 2.00. The zero-order valence-corrected chi connectivity index (χ0v) is 8.48. The van der Waals surface area contributed by atoms with E-state index in [1.165, 1.54) is 7.11 Å². The maximum absolute atomic E-state index is 10.7. The van der Waals surface area contributed by atoms with Gasteiger partial charge in [-0.3, -0.25) is 0 Å². The first kappa shape index (κ1) is 10.5. The van der Waals surface area contributed by atoms with Crippen LogP contribution in [0.25, 0.3) is 0 Å². The van der Waals surface area contributed by atoms with Crippen LogP contribution in [0.3, 0.4) is 0 Å². The van der Waals surface area contributed by atoms with E-state index in [-0.39, 0.29) is 5.92 Å². The molecule has 0 saturated carbocycles. The summed E-state index contributed by atoms with van der Waals surface area (Å²) in [6.07, 6.45) is 2.41. The summed E-state index contributed by atoms with van der Waals surface area (Å²) in [7, 11) is 3.08. The van der Waals surface area contributed by atoms with Gasteiger partial charge in [0.05, 0.1) is 20.4 Å². The van der Waals surface area contributed by atoms with Crippen LogP contribution in [0, 0.1) is 0 Å². The van der Waals surface area contributed by atoms with Gasteiger partial charge in [-0.25, -0.2) is 4.98 Å². The monoisotopic (exact) mass is 195 g/mol. The summed E-state index contributed by atoms with van der Waals surface area (Å²) in [4.78, 5) is 14.6. The number of hydrogen-bond acceptors (Lipinski definition) is 4. The average Bonchev–Trinajstić information content (AvgIpc) is 2.27. The molecule has 1 aromatic heterocycles. The fourth-order valence-corrected chi connectivity index (χ4v) is 1.15. The predicted octanol–water partition coefficient (Wildman–Crippen LogP) is 1.40. The summed E-state index contributed by atoms with van der Waals surface area (Å²) in [6, 6.07) is 1.71. The van der Waals surface area contributed by atoms with E-state index < -0.39 is 0 Å². The lowest BCUT2D eigenvalue weighted by Gasteiger charge is -2.11. The van der Waals surface area contributed by atoms with E-state index >= 15 is 0 Å². The molecule has 4 heteroatoms. The highest BCUT2D eigenvalue weighted by Crippen LogP contribution is 2.27. The normalized spacial score (nSPS) is 11.9. The minimum Gasteiger partial charge on any atom is -0.495 e. The molecule has 4 nitrogen and oxygen atoms in total. The number of carbonyl (C=O) groups is 1. The van der Waals surface area contributed by atoms with Crippen molar-refractivity contribution in [3.63, 3.8) is 0 Å². The number of rotatable bonds is 4. The van der Waals surface area contributed by atoms with Gasteiger partial charge in [0.2, 0.25) is 5.88 Å². The second-order valence-corrected chi connectivity index (χ2v) is 2.89. The molecule has 0 spiro atoms. The summed E-state index contributed by atoms with van der Waals surface area (Å²) in [6.45, 7) is 1.80. The van der Waals surface area contributed by atoms with E-state index in [4.69, 9.17) is 9.47 Å². The van der Waals surface area contributed by atoms with Crippen molar-refractivity contribution in [3.05, 3.63) is 17.8 Å². The molecule has 0 amide bonds. The zero-order chi connectivity index (χ0) is 10.6. The van der Waals surface area contributed by atoms with Gasteiger partial charge in [0.1, 0.15) is 12.0 Å². The van der Waals surface area contributed by atoms with E-state index in [0.29, 0.717) is 11.6 Å². The molecule has 0 aromatic carbocycles. The van der Waals surface area contributed by atoms with Crippen molar-refractivity contribution in [2.75, 3.05) is 14.2 Å². The fourth-order valence-electron chi connectivity index (χ4n) is 1.15. The highest BCUT2D eigenvalue weighted by molar-refractivity contribution is 5.63. The van der Waals surface area contributed by atoms with Gasteiger partial charge in [-0.2, -0.15) is 0 Å². The molecule has 0 bridgehead atoms. The first-order valence-electron chi connectivity index (χ1n) is 4.26. The van der Waals surface area contributed by atoms with Crippen LogP contribution in [0.5, 0.6) is 11.6 Å². The Bertz CT molecular complexity index is 325. The fraction of sp³-hybridized carbons (Fsp3) is 0.400. The van der Waals surface area contributed by atoms with Crippen LogP contribution in [0.2, 0.25) is 0 Å². The van der Waals surface area contributed by atoms with E-state index in [2.05, 4.69) is 4.98 Å². The molecule has 76 valence electrons. The van der Waals surface area contributed by atoms with Crippen molar-refractivity contribution in [3.8, 4) is 11.6 Å². The summed E-state index contributed by atoms with van der Waals surface area (Å²) in [5.74, 6) is 0.863. The van der Waals surface area contributed by atoms with Gasteiger partial charge in [-0.05, 0) is 0 Å². The Balaban J connectivity index is 3.14. The molecule has 1 rings (SSSR count). The summed E-state index contributed by atoms with van der Waals surface area (Å²) >= 11 is 0. The molecule has 0 aliphatic rings. The molecule has 1 atom stereocenters. The van der Waals surface area contributed by atoms with Crippen LogP contribution in [0.1, 0.15) is 18.4 Å². The van der Waals surface area contributed by atoms with E-state index in [1.807, 2.05) is 0 Å². The summed E-state index contributed by atoms with van der Waals surface area (Å²) in [5.41, 5.74) is 0.786. The molecule has 1 unspecified atom stereocenters. The number of aromatic nitrogens is 1. The molecule has 1 heterocycles. The zero-order valence-electron chi connectivity index (χ0n) is 8.48. The lowest BCUT2D eigenvalue weighted by atomic mass is 10.0. The Labute approximate surface area is 82.9 Å². The van der Waals surface area contributed by atoms with Crippen molar-refractivity contribution >= 4 is 6.29 Å². The van der Waals surface area contributed by atoms with Crippen LogP contribution < -0.4 is 9.47 Å². The van der Waals surface area contributed by atoms with Crippen LogP contribution >= 0.6 is 0 Å². The first-order chi connectivity index (χ1) is 6.72. The third kappa shape index (κ3) is 2.02. The molecule has 0 radical (unpaired) electrons. The number of carbonyl (C=O) groups excluding carboxylic acids is 1. The third-order valence-electron chi connectivity index (χ3n) is 2.00. The molecule has 0 aliphatic heterocycles. The Morgan fingerprint density at radius 3 is 2.64 bits per heavy atom. The highest BCUT2D eigenvalue weighted by atomic mass is 16.5. The summed E-state index contributed by atoms with van der Waals surface area (Å²) < 4.78 is 10.1. The average molecular weight is 195 g/mol. The van der Waals surface area contributed by atoms with Gasteiger partial charge < -0.3 is 14.3 Å². The Kier molecular flexibility index (Phi) is 3.45. The predicted molar refractivity (Wildman–Crippen MR) is 51.8 cm³/mol. The van der Waals surface area contributed by atoms with Crippen LogP contribution in [0.15, 0.2) is 12.3 Å². The smallest absolute Gasteiger partial charge is 0.213 e. The van der Waals surface area contributed by atoms with Crippen molar-refractivity contribution in [1.82, 2.24) is 4.98 Å². The molecular weight excluding hydrogens is 182 g/mol. The number of methoxy groups -OCH3 is 2. The first-order valence-corrected chi connectivity index (χ1v) is 4.26. The van der Waals surface area contributed by atoms with Crippen LogP contribution in [-0.4, -0.2) is 25.5 Å². The quantitative estimate of drug-likeness (QED) is 0.681. The van der Waals surface area contributed by atoms with Crippen LogP contribution in [-0.2, 0) is 4.79 Å². The molecule has 14 heavy (non-hydrogen) atoms. The Morgan fingerprint density at radius 2 is 2.14 bits per heavy atom. The molecule has 0 fully saturated rings. The lowest BCUT2D eigenvalue weighted by molar-refractivity contribution is -0.108. The van der Waals surface area contributed by atoms with E-state index in [0.717, 1.165) is 11.8 Å². The van der Waals surface area contributed by atoms with Crippen LogP contribution in [0.4, 0.5) is 0 Å². The number of ether oxygens (including phenoxy) is 2. The van der Waals surface area contributed by atoms with Gasteiger partial charge in [0.25, 0.3) is 0 Å². The number of hydrogen-bond donors (Lipinski definition) is 0. The van der Waals surface area contributed by atoms with Crippen molar-refractivity contribution < 1.29 is 14.3 Å². The minimum atomic E-state index is -0.221. The standard InChI is InChI=1S/C10H13NO3/c1-7(6-12)8-4-10(14-3)11-5-9(8)13-2/h4-7H,1-3H3. The van der Waals surface area contributed by atoms with E-state index in [9.17, 15) is 4.79 Å². The molecule has 0 aliphatic carbocycles. The van der Waals surface area contributed by atoms with Gasteiger partial charge in [-0.1, -0.05) is 6.92 Å². The molecule has 0 saturated heterocycles. The SMILES string of the molecule is COc1cc(C(C)C=O)c(OC)cn1. The van der Waals surface area contributed by atoms with Gasteiger partial charge in [0, 0.05) is 17.5 Å². The second kappa shape index (κ2) is 4.60. The van der Waals surface area contributed by atoms with Gasteiger partial charge >= 0.3 is 0 Å². The molecular formula is C10H13NO3. The van der Waals surface area contributed by atoms with Gasteiger partial charge in [0.15, 0.2) is 0 Å². The second-order valence-electron chi connectivity index (χ2n) is 2.89. The Morgan fingerprint density at radius 1 is 1.43 bits per heavy atom. The van der Waals surface area contributed by atoms with Gasteiger partial charge in [-0.15, -0.1) is 0 Å². The maximum Gasteiger partial charge on any atom is 0.213 e. The largest absolute Gasteiger partial charge is 0.495 e. The number of pyridine rings is 1. The minimum absolute atomic E-state index is 0.221. The topological polar surface area (TPSA) is 48.4 Å². The maximum atomic E-state index is 10.7. The van der Waals surface area contributed by atoms with Crippen molar-refractivity contribution in [2.24, 2.45) is 0 Å². The van der Waals surface area contributed by atoms with Crippen molar-refractivity contribution in [1.29, 1.82) is 0 Å². The number of aldehydes is 1. The summed E-state index contributed by atoms with van der Waals surface area (Å²) in [5, 5.41) is 0. The van der Waals surface area contributed by atoms with E-state index in [1.54, 1.807) is 26.3 Å². The number of nitrogens with zero attached hydrogens (tertiary/aromatic N) is 1. The Hall–Kier alpha value is -1.58. The molecule has 1 aromatic rings. The lowest BCUT2D eigenvalue weighted by Crippen LogP contribution is -2.00. The highest BCUT2D eigenvalue weighted by Gasteiger charge is 2.12. The molecule has 0 N–H and O–H groups in total.